The molecule has 0 amide bonds. The lowest BCUT2D eigenvalue weighted by Gasteiger charge is -2.13. The number of fused-ring (bicyclic) bond motifs is 1. The summed E-state index contributed by atoms with van der Waals surface area (Å²) in [5.41, 5.74) is 2.69. The maximum absolute atomic E-state index is 13.4. The second-order valence-corrected chi connectivity index (χ2v) is 5.64. The fourth-order valence-corrected chi connectivity index (χ4v) is 2.50. The Morgan fingerprint density at radius 1 is 1.18 bits per heavy atom. The van der Waals surface area contributed by atoms with E-state index in [0.29, 0.717) is 6.42 Å². The predicted octanol–water partition coefficient (Wildman–Crippen LogP) is 2.72. The van der Waals surface area contributed by atoms with E-state index in [-0.39, 0.29) is 5.82 Å². The minimum absolute atomic E-state index is 0.216. The third kappa shape index (κ3) is 3.14. The Balaban J connectivity index is 1.98. The first-order chi connectivity index (χ1) is 10.6. The molecule has 114 valence electrons. The van der Waals surface area contributed by atoms with Crippen LogP contribution in [0.2, 0.25) is 0 Å². The molecule has 0 aliphatic rings. The molecular weight excluding hydrogens is 279 g/mol. The van der Waals surface area contributed by atoms with Gasteiger partial charge < -0.3 is 9.47 Å². The highest BCUT2D eigenvalue weighted by molar-refractivity contribution is 5.71. The molecule has 1 aromatic carbocycles. The van der Waals surface area contributed by atoms with Gasteiger partial charge in [0.2, 0.25) is 0 Å². The van der Waals surface area contributed by atoms with Gasteiger partial charge in [0, 0.05) is 25.7 Å². The highest BCUT2D eigenvalue weighted by Crippen LogP contribution is 2.17. The van der Waals surface area contributed by atoms with Crippen LogP contribution >= 0.6 is 0 Å². The molecule has 0 aliphatic heterocycles. The molecule has 4 nitrogen and oxygen atoms in total. The summed E-state index contributed by atoms with van der Waals surface area (Å²) >= 11 is 0. The molecule has 22 heavy (non-hydrogen) atoms. The molecule has 5 heteroatoms. The smallest absolute Gasteiger partial charge is 0.160 e. The van der Waals surface area contributed by atoms with Crippen LogP contribution in [-0.2, 0) is 13.0 Å². The number of hydrogen-bond donors (Lipinski definition) is 0. The molecule has 0 atom stereocenters. The summed E-state index contributed by atoms with van der Waals surface area (Å²) < 4.78 is 15.5. The van der Waals surface area contributed by atoms with Crippen LogP contribution in [0.25, 0.3) is 11.2 Å². The van der Waals surface area contributed by atoms with Crippen LogP contribution in [0.15, 0.2) is 42.6 Å². The first kappa shape index (κ1) is 14.7. The van der Waals surface area contributed by atoms with Crippen molar-refractivity contribution >= 4 is 11.2 Å². The summed E-state index contributed by atoms with van der Waals surface area (Å²) in [6, 6.07) is 10.5. The van der Waals surface area contributed by atoms with Gasteiger partial charge in [0.05, 0.1) is 0 Å². The lowest BCUT2D eigenvalue weighted by Crippen LogP contribution is -2.20. The van der Waals surface area contributed by atoms with E-state index in [1.165, 1.54) is 6.07 Å². The fourth-order valence-electron chi connectivity index (χ4n) is 2.50. The number of hydrogen-bond acceptors (Lipinski definition) is 3. The monoisotopic (exact) mass is 298 g/mol. The molecule has 3 aromatic rings. The molecule has 0 saturated heterocycles. The van der Waals surface area contributed by atoms with Crippen LogP contribution in [0.3, 0.4) is 0 Å². The molecule has 0 N–H and O–H groups in total. The summed E-state index contributed by atoms with van der Waals surface area (Å²) in [5.74, 6) is 0.702. The van der Waals surface area contributed by atoms with Gasteiger partial charge in [-0.15, -0.1) is 0 Å². The van der Waals surface area contributed by atoms with Crippen LogP contribution in [0.4, 0.5) is 4.39 Å². The van der Waals surface area contributed by atoms with Crippen molar-refractivity contribution in [2.45, 2.75) is 13.0 Å². The normalized spacial score (nSPS) is 11.5. The van der Waals surface area contributed by atoms with E-state index in [0.717, 1.165) is 35.6 Å². The van der Waals surface area contributed by atoms with Gasteiger partial charge in [-0.25, -0.2) is 14.4 Å². The van der Waals surface area contributed by atoms with E-state index in [4.69, 9.17) is 0 Å². The second-order valence-electron chi connectivity index (χ2n) is 5.64. The van der Waals surface area contributed by atoms with Crippen LogP contribution in [0.5, 0.6) is 0 Å². The lowest BCUT2D eigenvalue weighted by molar-refractivity contribution is 0.383. The van der Waals surface area contributed by atoms with Gasteiger partial charge in [-0.3, -0.25) is 0 Å². The van der Waals surface area contributed by atoms with Gasteiger partial charge in [-0.05, 0) is 43.9 Å². The minimum atomic E-state index is -0.216. The van der Waals surface area contributed by atoms with E-state index in [2.05, 4.69) is 19.4 Å². The first-order valence-electron chi connectivity index (χ1n) is 7.33. The van der Waals surface area contributed by atoms with E-state index in [1.54, 1.807) is 18.3 Å². The fraction of sp³-hybridized carbons (Fsp3) is 0.294. The average Bonchev–Trinajstić information content (AvgIpc) is 2.82. The minimum Gasteiger partial charge on any atom is -0.311 e. The Labute approximate surface area is 129 Å². The summed E-state index contributed by atoms with van der Waals surface area (Å²) in [6.45, 7) is 1.71. The van der Waals surface area contributed by atoms with Crippen molar-refractivity contribution < 1.29 is 4.39 Å². The zero-order valence-corrected chi connectivity index (χ0v) is 12.8. The van der Waals surface area contributed by atoms with Crippen molar-refractivity contribution in [2.24, 2.45) is 0 Å². The molecule has 2 aromatic heterocycles. The van der Waals surface area contributed by atoms with Gasteiger partial charge in [0.15, 0.2) is 5.65 Å². The SMILES string of the molecule is CN(C)CCn1c(Cc2cccc(F)c2)nc2cccnc21. The molecule has 0 saturated carbocycles. The van der Waals surface area contributed by atoms with E-state index < -0.39 is 0 Å². The van der Waals surface area contributed by atoms with Crippen LogP contribution in [0, 0.1) is 5.82 Å². The topological polar surface area (TPSA) is 34.0 Å². The summed E-state index contributed by atoms with van der Waals surface area (Å²) in [6.07, 6.45) is 2.38. The number of halogens is 1. The van der Waals surface area contributed by atoms with Crippen LogP contribution in [0.1, 0.15) is 11.4 Å². The number of imidazole rings is 1. The molecular formula is C17H19FN4. The molecule has 0 radical (unpaired) electrons. The summed E-state index contributed by atoms with van der Waals surface area (Å²) in [5, 5.41) is 0. The third-order valence-corrected chi connectivity index (χ3v) is 3.60. The maximum Gasteiger partial charge on any atom is 0.160 e. The van der Waals surface area contributed by atoms with Crippen molar-refractivity contribution in [3.8, 4) is 0 Å². The zero-order valence-electron chi connectivity index (χ0n) is 12.8. The van der Waals surface area contributed by atoms with Gasteiger partial charge >= 0.3 is 0 Å². The summed E-state index contributed by atoms with van der Waals surface area (Å²) in [4.78, 5) is 11.2. The van der Waals surface area contributed by atoms with Gasteiger partial charge in [0.1, 0.15) is 17.2 Å². The molecule has 0 aliphatic carbocycles. The third-order valence-electron chi connectivity index (χ3n) is 3.60. The number of pyridine rings is 1. The largest absolute Gasteiger partial charge is 0.311 e. The second kappa shape index (κ2) is 6.23. The van der Waals surface area contributed by atoms with Crippen molar-refractivity contribution in [1.82, 2.24) is 19.4 Å². The van der Waals surface area contributed by atoms with Crippen molar-refractivity contribution in [3.63, 3.8) is 0 Å². The molecule has 0 unspecified atom stereocenters. The number of aromatic nitrogens is 3. The van der Waals surface area contributed by atoms with Gasteiger partial charge in [-0.1, -0.05) is 12.1 Å². The van der Waals surface area contributed by atoms with Crippen molar-refractivity contribution in [1.29, 1.82) is 0 Å². The van der Waals surface area contributed by atoms with Gasteiger partial charge in [0.25, 0.3) is 0 Å². The molecule has 2 heterocycles. The Kier molecular flexibility index (Phi) is 4.15. The van der Waals surface area contributed by atoms with E-state index in [1.807, 2.05) is 32.3 Å². The number of benzene rings is 1. The van der Waals surface area contributed by atoms with Gasteiger partial charge in [-0.2, -0.15) is 0 Å². The molecule has 0 fully saturated rings. The lowest BCUT2D eigenvalue weighted by atomic mass is 10.1. The van der Waals surface area contributed by atoms with Crippen molar-refractivity contribution in [3.05, 3.63) is 59.8 Å². The van der Waals surface area contributed by atoms with Crippen LogP contribution < -0.4 is 0 Å². The zero-order chi connectivity index (χ0) is 15.5. The van der Waals surface area contributed by atoms with E-state index in [9.17, 15) is 4.39 Å². The Hall–Kier alpha value is -2.27. The molecule has 0 spiro atoms. The summed E-state index contributed by atoms with van der Waals surface area (Å²) in [7, 11) is 4.08. The Bertz CT molecular complexity index is 779. The highest BCUT2D eigenvalue weighted by Gasteiger charge is 2.12. The maximum atomic E-state index is 13.4. The Morgan fingerprint density at radius 2 is 2.05 bits per heavy atom. The standard InChI is InChI=1S/C17H19FN4/c1-21(2)9-10-22-16(12-13-5-3-6-14(18)11-13)20-15-7-4-8-19-17(15)22/h3-8,11H,9-10,12H2,1-2H3. The Morgan fingerprint density at radius 3 is 2.82 bits per heavy atom. The van der Waals surface area contributed by atoms with Crippen molar-refractivity contribution in [2.75, 3.05) is 20.6 Å². The molecule has 0 bridgehead atoms. The highest BCUT2D eigenvalue weighted by atomic mass is 19.1. The van der Waals surface area contributed by atoms with Crippen LogP contribution in [-0.4, -0.2) is 40.1 Å². The average molecular weight is 298 g/mol. The quantitative estimate of drug-likeness (QED) is 0.726. The molecule has 3 rings (SSSR count). The number of nitrogens with zero attached hydrogens (tertiary/aromatic N) is 4. The first-order valence-corrected chi connectivity index (χ1v) is 7.33. The predicted molar refractivity (Wildman–Crippen MR) is 85.3 cm³/mol. The number of rotatable bonds is 5. The van der Waals surface area contributed by atoms with E-state index >= 15 is 0 Å². The number of likely N-dealkylation sites (N-methyl/N-ethyl adjacent to an activating group) is 1.